The Morgan fingerprint density at radius 2 is 1.03 bits per heavy atom. The maximum Gasteiger partial charge on any atom is 0.0913 e. The number of hydrogen-bond donors (Lipinski definition) is 0. The zero-order chi connectivity index (χ0) is 21.7. The van der Waals surface area contributed by atoms with Gasteiger partial charge >= 0.3 is 0 Å². The lowest BCUT2D eigenvalue weighted by Gasteiger charge is -2.25. The summed E-state index contributed by atoms with van der Waals surface area (Å²) in [5.41, 5.74) is 0. The van der Waals surface area contributed by atoms with Crippen LogP contribution in [-0.4, -0.2) is 63.7 Å². The average molecular weight is 661 g/mol. The maximum absolute atomic E-state index is 5.64. The highest BCUT2D eigenvalue weighted by molar-refractivity contribution is 9.28. The molecule has 0 aromatic heterocycles. The Balaban J connectivity index is 3.88. The van der Waals surface area contributed by atoms with Gasteiger partial charge in [-0.05, 0) is 57.5 Å². The minimum Gasteiger partial charge on any atom is -0.223 e. The van der Waals surface area contributed by atoms with E-state index in [4.69, 9.17) is 3.63 Å². The molecule has 0 spiro atoms. The SMILES string of the molecule is CSN(SC)C(CCC[SiH3])SSSSOSSSSC(CCC[SiH3])N(SC)SC. The smallest absolute Gasteiger partial charge is 0.0913 e. The van der Waals surface area contributed by atoms with Gasteiger partial charge in [-0.25, -0.2) is 3.63 Å². The zero-order valence-corrected chi connectivity index (χ0v) is 31.4. The van der Waals surface area contributed by atoms with Gasteiger partial charge in [-0.1, -0.05) is 94.3 Å². The molecule has 0 aliphatic rings. The van der Waals surface area contributed by atoms with Gasteiger partial charge in [0.1, 0.15) is 0 Å². The Hall–Kier alpha value is 4.51. The average Bonchev–Trinajstić information content (AvgIpc) is 2.74. The normalized spacial score (nSPS) is 14.3. The molecule has 0 aliphatic heterocycles. The van der Waals surface area contributed by atoms with Crippen LogP contribution in [0, 0.1) is 0 Å². The topological polar surface area (TPSA) is 15.7 Å². The lowest BCUT2D eigenvalue weighted by atomic mass is 10.3. The molecule has 17 heteroatoms. The van der Waals surface area contributed by atoms with Crippen molar-refractivity contribution in [3.8, 4) is 0 Å². The van der Waals surface area contributed by atoms with E-state index < -0.39 is 0 Å². The Morgan fingerprint density at radius 1 is 0.655 bits per heavy atom. The summed E-state index contributed by atoms with van der Waals surface area (Å²) < 4.78 is 10.5. The van der Waals surface area contributed by atoms with E-state index in [2.05, 4.69) is 32.4 Å². The van der Waals surface area contributed by atoms with E-state index in [-0.39, 0.29) is 0 Å². The highest BCUT2D eigenvalue weighted by atomic mass is 33.7. The van der Waals surface area contributed by atoms with E-state index in [0.29, 0.717) is 10.7 Å². The molecule has 176 valence electrons. The molecule has 0 aromatic rings. The van der Waals surface area contributed by atoms with E-state index in [1.54, 1.807) is 19.7 Å². The molecule has 0 aromatic carbocycles. The van der Waals surface area contributed by atoms with Crippen molar-refractivity contribution in [3.63, 3.8) is 0 Å². The summed E-state index contributed by atoms with van der Waals surface area (Å²) in [6.45, 7) is 0. The van der Waals surface area contributed by atoms with Gasteiger partial charge in [0, 0.05) is 40.1 Å². The van der Waals surface area contributed by atoms with E-state index in [9.17, 15) is 0 Å². The van der Waals surface area contributed by atoms with Crippen molar-refractivity contribution in [1.82, 2.24) is 7.42 Å². The predicted molar refractivity (Wildman–Crippen MR) is 175 cm³/mol. The summed E-state index contributed by atoms with van der Waals surface area (Å²) in [5.74, 6) is 0. The van der Waals surface area contributed by atoms with Crippen molar-refractivity contribution >= 4 is 151 Å². The minimum absolute atomic E-state index is 0.555. The molecule has 0 heterocycles. The number of rotatable bonds is 22. The van der Waals surface area contributed by atoms with Crippen molar-refractivity contribution in [2.45, 2.75) is 48.5 Å². The van der Waals surface area contributed by atoms with Gasteiger partial charge in [0.25, 0.3) is 0 Å². The van der Waals surface area contributed by atoms with Crippen LogP contribution in [0.25, 0.3) is 0 Å². The van der Waals surface area contributed by atoms with Crippen LogP contribution in [0.5, 0.6) is 0 Å². The van der Waals surface area contributed by atoms with Crippen LogP contribution in [0.3, 0.4) is 0 Å². The summed E-state index contributed by atoms with van der Waals surface area (Å²) in [5, 5.41) is 1.11. The predicted octanol–water partition coefficient (Wildman–Crippen LogP) is 7.68. The molecule has 0 amide bonds. The van der Waals surface area contributed by atoms with Gasteiger partial charge in [-0.15, -0.1) is 0 Å². The fourth-order valence-corrected chi connectivity index (χ4v) is 18.7. The van der Waals surface area contributed by atoms with Crippen LogP contribution in [0.2, 0.25) is 12.1 Å². The summed E-state index contributed by atoms with van der Waals surface area (Å²) in [7, 11) is 13.6. The van der Waals surface area contributed by atoms with Crippen molar-refractivity contribution < 1.29 is 3.63 Å². The third kappa shape index (κ3) is 18.4. The first-order valence-electron chi connectivity index (χ1n) is 8.92. The third-order valence-corrected chi connectivity index (χ3v) is 21.5. The highest BCUT2D eigenvalue weighted by Crippen LogP contribution is 2.53. The minimum atomic E-state index is 0.555. The van der Waals surface area contributed by atoms with Crippen LogP contribution in [0.15, 0.2) is 0 Å². The van der Waals surface area contributed by atoms with Crippen molar-refractivity contribution in [2.24, 2.45) is 0 Å². The van der Waals surface area contributed by atoms with Crippen molar-refractivity contribution in [3.05, 3.63) is 0 Å². The van der Waals surface area contributed by atoms with Gasteiger partial charge in [0.15, 0.2) is 0 Å². The molecule has 0 rings (SSSR count). The van der Waals surface area contributed by atoms with Crippen LogP contribution in [0.4, 0.5) is 0 Å². The molecule has 0 bridgehead atoms. The van der Waals surface area contributed by atoms with E-state index in [0.717, 1.165) is 0 Å². The molecular formula is C12H32N2OS12Si2. The highest BCUT2D eigenvalue weighted by Gasteiger charge is 2.19. The lowest BCUT2D eigenvalue weighted by molar-refractivity contribution is 0.619. The standard InChI is InChI=1S/C12H32N2OS12Si2/c1-16-13(17-2)11(7-5-9-28)20-24-26-22-15-23-27-25-21-12(8-6-10-29)14(18-3)19-4/h11-12H,5-10H2,1-4,28-29H3. The molecule has 2 atom stereocenters. The summed E-state index contributed by atoms with van der Waals surface area (Å²) in [6, 6.07) is 2.78. The second-order valence-corrected chi connectivity index (χ2v) is 22.0. The molecule has 0 fully saturated rings. The summed E-state index contributed by atoms with van der Waals surface area (Å²) >= 11 is 10.3. The van der Waals surface area contributed by atoms with Gasteiger partial charge in [0.05, 0.1) is 32.9 Å². The van der Waals surface area contributed by atoms with Gasteiger partial charge in [-0.2, -0.15) is 7.42 Å². The van der Waals surface area contributed by atoms with E-state index in [1.807, 2.05) is 89.0 Å². The first kappa shape index (κ1) is 33.5. The molecule has 0 aliphatic carbocycles. The van der Waals surface area contributed by atoms with E-state index in [1.165, 1.54) is 80.4 Å². The maximum atomic E-state index is 5.64. The largest absolute Gasteiger partial charge is 0.223 e. The molecular weight excluding hydrogens is 629 g/mol. The monoisotopic (exact) mass is 660 g/mol. The van der Waals surface area contributed by atoms with Crippen LogP contribution < -0.4 is 0 Å². The molecule has 0 N–H and O–H groups in total. The van der Waals surface area contributed by atoms with Crippen LogP contribution in [-0.2, 0) is 3.63 Å². The molecule has 0 saturated heterocycles. The number of hydrogen-bond acceptors (Lipinski definition) is 15. The van der Waals surface area contributed by atoms with Gasteiger partial charge < -0.3 is 0 Å². The quantitative estimate of drug-likeness (QED) is 0.0282. The molecule has 3 nitrogen and oxygen atoms in total. The fraction of sp³-hybridized carbons (Fsp3) is 1.00. The molecule has 0 saturated carbocycles. The van der Waals surface area contributed by atoms with Gasteiger partial charge in [-0.3, -0.25) is 0 Å². The Kier molecular flexibility index (Phi) is 29.6. The first-order valence-corrected chi connectivity index (χ1v) is 26.1. The van der Waals surface area contributed by atoms with Crippen molar-refractivity contribution in [1.29, 1.82) is 0 Å². The summed E-state index contributed by atoms with van der Waals surface area (Å²) in [6.07, 6.45) is 13.8. The Morgan fingerprint density at radius 3 is 1.34 bits per heavy atom. The summed E-state index contributed by atoms with van der Waals surface area (Å²) in [4.78, 5) is 0. The van der Waals surface area contributed by atoms with Gasteiger partial charge in [0.2, 0.25) is 0 Å². The zero-order valence-electron chi connectivity index (χ0n) is 17.6. The van der Waals surface area contributed by atoms with E-state index >= 15 is 0 Å². The lowest BCUT2D eigenvalue weighted by Crippen LogP contribution is -2.18. The Bertz CT molecular complexity index is 320. The van der Waals surface area contributed by atoms with Crippen molar-refractivity contribution in [2.75, 3.05) is 25.0 Å². The van der Waals surface area contributed by atoms with Crippen LogP contribution in [0.1, 0.15) is 25.7 Å². The molecule has 0 radical (unpaired) electrons. The fourth-order valence-electron chi connectivity index (χ4n) is 1.93. The molecule has 29 heavy (non-hydrogen) atoms. The third-order valence-electron chi connectivity index (χ3n) is 3.27. The number of nitrogens with zero attached hydrogens (tertiary/aromatic N) is 2. The van der Waals surface area contributed by atoms with Crippen LogP contribution >= 0.6 is 131 Å². The second kappa shape index (κ2) is 25.6. The molecule has 2 unspecified atom stereocenters. The Labute approximate surface area is 233 Å². The second-order valence-electron chi connectivity index (χ2n) is 5.16. The first-order chi connectivity index (χ1) is 14.2.